The maximum Gasteiger partial charge on any atom is 0.321 e. The Bertz CT molecular complexity index is 1870. The lowest BCUT2D eigenvalue weighted by Gasteiger charge is -2.41. The van der Waals surface area contributed by atoms with Crippen LogP contribution in [0, 0.1) is 17.0 Å². The molecule has 316 valence electrons. The maximum atomic E-state index is 15.1. The van der Waals surface area contributed by atoms with E-state index in [1.54, 1.807) is 0 Å². The van der Waals surface area contributed by atoms with Crippen molar-refractivity contribution in [1.29, 1.82) is 0 Å². The molecule has 0 bridgehead atoms. The molecular formula is C42H56F2N6O6S2. The number of likely N-dealkylation sites (tertiary alicyclic amines) is 1. The molecule has 1 unspecified atom stereocenters. The third-order valence-corrected chi connectivity index (χ3v) is 12.1. The van der Waals surface area contributed by atoms with Gasteiger partial charge in [0.05, 0.1) is 17.0 Å². The second-order valence-corrected chi connectivity index (χ2v) is 17.8. The predicted molar refractivity (Wildman–Crippen MR) is 225 cm³/mol. The Balaban J connectivity index is 1.30. The lowest BCUT2D eigenvalue weighted by molar-refractivity contribution is -0.139. The summed E-state index contributed by atoms with van der Waals surface area (Å²) in [5.41, 5.74) is 13.5. The summed E-state index contributed by atoms with van der Waals surface area (Å²) in [5, 5.41) is 11.0. The van der Waals surface area contributed by atoms with Crippen LogP contribution in [0.2, 0.25) is 0 Å². The molecule has 12 nitrogen and oxygen atoms in total. The topological polar surface area (TPSA) is 181 Å². The Kier molecular flexibility index (Phi) is 17.8. The van der Waals surface area contributed by atoms with Gasteiger partial charge in [-0.3, -0.25) is 28.9 Å². The summed E-state index contributed by atoms with van der Waals surface area (Å²) in [7, 11) is 0. The van der Waals surface area contributed by atoms with Gasteiger partial charge in [-0.15, -0.1) is 11.8 Å². The van der Waals surface area contributed by atoms with Crippen LogP contribution in [0.4, 0.5) is 8.78 Å². The first-order valence-electron chi connectivity index (χ1n) is 19.6. The minimum atomic E-state index is -1.17. The zero-order valence-electron chi connectivity index (χ0n) is 33.5. The van der Waals surface area contributed by atoms with Gasteiger partial charge >= 0.3 is 5.97 Å². The van der Waals surface area contributed by atoms with Crippen molar-refractivity contribution in [3.05, 3.63) is 83.7 Å². The van der Waals surface area contributed by atoms with Crippen molar-refractivity contribution in [2.75, 3.05) is 43.4 Å². The monoisotopic (exact) mass is 842 g/mol. The summed E-state index contributed by atoms with van der Waals surface area (Å²) in [5.74, 6) is -2.30. The highest BCUT2D eigenvalue weighted by molar-refractivity contribution is 8.00. The standard InChI is InChI=1S/C42H56F2N6O6S2/c1-42(2,3)39(34-21-29(31-22-30(43)14-15-32(31)44)25-48(34)24-28-11-6-4-7-12-28)49(18-10-16-45)38(53)27-57-20-9-5-8-13-36(51)47-17-19-50-37(52)23-35(40(50)54)58-26-33(46)41(55)56/h4,6-7,11-12,14-15,21-22,25,33,35,39H,5,8-10,13,16-20,23-24,26-27,45-46H2,1-3H3,(H,47,51)(H,55,56)/t33-,35?,39-/m0/s1. The molecule has 16 heteroatoms. The number of hydrogen-bond donors (Lipinski definition) is 4. The third-order valence-electron chi connectivity index (χ3n) is 9.77. The van der Waals surface area contributed by atoms with Crippen molar-refractivity contribution in [3.8, 4) is 11.1 Å². The first-order chi connectivity index (χ1) is 27.6. The van der Waals surface area contributed by atoms with Crippen molar-refractivity contribution in [1.82, 2.24) is 19.7 Å². The molecule has 1 aliphatic heterocycles. The summed E-state index contributed by atoms with van der Waals surface area (Å²) in [6.07, 6.45) is 4.86. The minimum Gasteiger partial charge on any atom is -0.480 e. The summed E-state index contributed by atoms with van der Waals surface area (Å²) >= 11 is 2.57. The van der Waals surface area contributed by atoms with Gasteiger partial charge in [0.2, 0.25) is 23.6 Å². The number of nitrogens with two attached hydrogens (primary N) is 2. The average Bonchev–Trinajstić information content (AvgIpc) is 3.70. The number of imide groups is 1. The zero-order valence-corrected chi connectivity index (χ0v) is 35.1. The second-order valence-electron chi connectivity index (χ2n) is 15.5. The quantitative estimate of drug-likeness (QED) is 0.0711. The molecule has 0 saturated carbocycles. The van der Waals surface area contributed by atoms with E-state index >= 15 is 4.39 Å². The molecule has 0 spiro atoms. The van der Waals surface area contributed by atoms with E-state index in [1.807, 2.05) is 52.1 Å². The maximum absolute atomic E-state index is 15.1. The lowest BCUT2D eigenvalue weighted by Crippen LogP contribution is -2.44. The number of carbonyl (C=O) groups is 5. The molecule has 58 heavy (non-hydrogen) atoms. The lowest BCUT2D eigenvalue weighted by atomic mass is 9.83. The molecule has 1 aliphatic rings. The fourth-order valence-electron chi connectivity index (χ4n) is 6.88. The molecule has 1 fully saturated rings. The van der Waals surface area contributed by atoms with Crippen LogP contribution >= 0.6 is 23.5 Å². The molecule has 4 rings (SSSR count). The number of aliphatic carboxylic acids is 1. The van der Waals surface area contributed by atoms with Crippen molar-refractivity contribution >= 4 is 53.1 Å². The van der Waals surface area contributed by atoms with Gasteiger partial charge in [-0.2, -0.15) is 11.8 Å². The van der Waals surface area contributed by atoms with E-state index in [0.717, 1.165) is 52.9 Å². The van der Waals surface area contributed by atoms with E-state index in [2.05, 4.69) is 26.1 Å². The van der Waals surface area contributed by atoms with Crippen molar-refractivity contribution in [2.24, 2.45) is 16.9 Å². The van der Waals surface area contributed by atoms with Gasteiger partial charge in [0.1, 0.15) is 17.7 Å². The molecule has 0 radical (unpaired) electrons. The van der Waals surface area contributed by atoms with E-state index in [9.17, 15) is 28.4 Å². The van der Waals surface area contributed by atoms with Crippen LogP contribution in [0.3, 0.4) is 0 Å². The molecule has 4 amide bonds. The normalized spacial score (nSPS) is 15.4. The summed E-state index contributed by atoms with van der Waals surface area (Å²) in [6.45, 7) is 7.65. The van der Waals surface area contributed by atoms with Crippen LogP contribution in [0.1, 0.15) is 76.6 Å². The molecule has 2 heterocycles. The Morgan fingerprint density at radius 3 is 2.47 bits per heavy atom. The first-order valence-corrected chi connectivity index (χ1v) is 21.8. The van der Waals surface area contributed by atoms with Gasteiger partial charge in [-0.1, -0.05) is 57.5 Å². The van der Waals surface area contributed by atoms with Gasteiger partial charge < -0.3 is 31.4 Å². The Morgan fingerprint density at radius 2 is 1.78 bits per heavy atom. The highest BCUT2D eigenvalue weighted by Crippen LogP contribution is 2.41. The molecular weight excluding hydrogens is 787 g/mol. The van der Waals surface area contributed by atoms with Gasteiger partial charge in [0.15, 0.2) is 0 Å². The largest absolute Gasteiger partial charge is 0.480 e. The number of hydrogen-bond acceptors (Lipinski definition) is 9. The Hall–Kier alpha value is -4.25. The molecule has 1 aromatic heterocycles. The van der Waals surface area contributed by atoms with E-state index < -0.39 is 46.3 Å². The van der Waals surface area contributed by atoms with Crippen LogP contribution in [0.15, 0.2) is 60.8 Å². The van der Waals surface area contributed by atoms with Crippen LogP contribution in [-0.4, -0.2) is 104 Å². The number of benzene rings is 2. The average molecular weight is 843 g/mol. The van der Waals surface area contributed by atoms with Gasteiger partial charge in [0.25, 0.3) is 0 Å². The highest BCUT2D eigenvalue weighted by Gasteiger charge is 2.39. The van der Waals surface area contributed by atoms with Crippen LogP contribution < -0.4 is 16.8 Å². The summed E-state index contributed by atoms with van der Waals surface area (Å²) in [4.78, 5) is 65.4. The molecule has 2 aromatic carbocycles. The number of carbonyl (C=O) groups excluding carboxylic acids is 4. The van der Waals surface area contributed by atoms with E-state index in [0.29, 0.717) is 43.8 Å². The number of carboxylic acid groups (broad SMARTS) is 1. The number of rotatable bonds is 23. The van der Waals surface area contributed by atoms with E-state index in [-0.39, 0.29) is 60.7 Å². The number of aromatic nitrogens is 1. The Labute approximate surface area is 347 Å². The number of nitrogens with zero attached hydrogens (tertiary/aromatic N) is 3. The number of halogens is 2. The van der Waals surface area contributed by atoms with Crippen molar-refractivity contribution < 1.29 is 37.9 Å². The molecule has 3 aromatic rings. The van der Waals surface area contributed by atoms with Crippen LogP contribution in [0.25, 0.3) is 11.1 Å². The third kappa shape index (κ3) is 13.4. The predicted octanol–water partition coefficient (Wildman–Crippen LogP) is 5.43. The van der Waals surface area contributed by atoms with Gasteiger partial charge in [0, 0.05) is 67.8 Å². The molecule has 1 saturated heterocycles. The second kappa shape index (κ2) is 22.2. The molecule has 6 N–H and O–H groups in total. The number of thioether (sulfide) groups is 2. The highest BCUT2D eigenvalue weighted by atomic mass is 32.2. The van der Waals surface area contributed by atoms with Crippen molar-refractivity contribution in [3.63, 3.8) is 0 Å². The number of carboxylic acids is 1. The summed E-state index contributed by atoms with van der Waals surface area (Å²) in [6, 6.07) is 13.6. The van der Waals surface area contributed by atoms with E-state index in [4.69, 9.17) is 16.6 Å². The first kappa shape index (κ1) is 46.4. The SMILES string of the molecule is CC(C)(C)[C@H](c1cc(-c2cc(F)ccc2F)cn1Cc1ccccc1)N(CCCN)C(=O)CSCCCCCC(=O)NCCN1C(=O)CC(SC[C@H](N)C(=O)O)C1=O. The zero-order chi connectivity index (χ0) is 42.4. The molecule has 3 atom stereocenters. The number of unbranched alkanes of at least 4 members (excludes halogenated alkanes) is 2. The van der Waals surface area contributed by atoms with Crippen LogP contribution in [-0.2, 0) is 30.5 Å². The van der Waals surface area contributed by atoms with Crippen LogP contribution in [0.5, 0.6) is 0 Å². The smallest absolute Gasteiger partial charge is 0.321 e. The fourth-order valence-corrected chi connectivity index (χ4v) is 8.89. The summed E-state index contributed by atoms with van der Waals surface area (Å²) < 4.78 is 31.4. The van der Waals surface area contributed by atoms with E-state index in [1.165, 1.54) is 17.8 Å². The number of nitrogens with one attached hydrogen (secondary N) is 1. The van der Waals surface area contributed by atoms with Crippen molar-refractivity contribution in [2.45, 2.75) is 83.2 Å². The molecule has 0 aliphatic carbocycles. The fraction of sp³-hybridized carbons (Fsp3) is 0.500. The minimum absolute atomic E-state index is 0.0132. The van der Waals surface area contributed by atoms with Gasteiger partial charge in [-0.25, -0.2) is 8.78 Å². The Morgan fingerprint density at radius 1 is 1.03 bits per heavy atom. The van der Waals surface area contributed by atoms with Gasteiger partial charge in [-0.05, 0) is 66.8 Å². The number of amides is 4.